The number of nitrogens with zero attached hydrogens (tertiary/aromatic N) is 1. The van der Waals surface area contributed by atoms with Crippen molar-refractivity contribution in [1.29, 1.82) is 0 Å². The van der Waals surface area contributed by atoms with Crippen LogP contribution in [0.1, 0.15) is 53.5 Å². The summed E-state index contributed by atoms with van der Waals surface area (Å²) in [5.74, 6) is -1.11. The Balaban J connectivity index is 1.30. The molecule has 0 aromatic heterocycles. The molecular formula is C37H36F3NO5S. The van der Waals surface area contributed by atoms with E-state index in [-0.39, 0.29) is 5.75 Å². The van der Waals surface area contributed by atoms with E-state index in [9.17, 15) is 31.5 Å². The predicted octanol–water partition coefficient (Wildman–Crippen LogP) is 9.10. The van der Waals surface area contributed by atoms with Crippen LogP contribution in [0.15, 0.2) is 90.0 Å². The number of anilines is 1. The van der Waals surface area contributed by atoms with Crippen LogP contribution in [0.4, 0.5) is 18.9 Å². The van der Waals surface area contributed by atoms with E-state index in [0.717, 1.165) is 52.2 Å². The second-order valence-electron chi connectivity index (χ2n) is 11.6. The lowest BCUT2D eigenvalue weighted by molar-refractivity contribution is -0.145. The first-order valence-corrected chi connectivity index (χ1v) is 17.0. The number of carboxylic acid groups (broad SMARTS) is 1. The molecule has 1 heterocycles. The summed E-state index contributed by atoms with van der Waals surface area (Å²) < 4.78 is 69.5. The molecule has 0 bridgehead atoms. The van der Waals surface area contributed by atoms with E-state index in [2.05, 4.69) is 4.90 Å². The average Bonchev–Trinajstić information content (AvgIpc) is 3.45. The van der Waals surface area contributed by atoms with Crippen LogP contribution >= 0.6 is 0 Å². The quantitative estimate of drug-likeness (QED) is 0.172. The molecule has 0 saturated carbocycles. The normalized spacial score (nSPS) is 14.0. The van der Waals surface area contributed by atoms with E-state index in [1.165, 1.54) is 0 Å². The van der Waals surface area contributed by atoms with E-state index < -0.39 is 40.7 Å². The minimum absolute atomic E-state index is 0.0354. The van der Waals surface area contributed by atoms with Crippen LogP contribution in [0.3, 0.4) is 0 Å². The molecule has 0 spiro atoms. The SMILES string of the molecule is CCS(=O)(=O)c1ccccc1C=CN1CCc2c1ccc(Oc1ccc(-c3ccc(C(CCC(F)(F)F)C(=O)O)cc3)c(C)c1)c2C. The number of hydrogen-bond acceptors (Lipinski definition) is 5. The summed E-state index contributed by atoms with van der Waals surface area (Å²) in [6.45, 7) is 6.34. The van der Waals surface area contributed by atoms with E-state index in [1.807, 2.05) is 62.5 Å². The third-order valence-corrected chi connectivity index (χ3v) is 10.4. The summed E-state index contributed by atoms with van der Waals surface area (Å²) >= 11 is 0. The molecule has 10 heteroatoms. The number of benzene rings is 4. The monoisotopic (exact) mass is 663 g/mol. The van der Waals surface area contributed by atoms with Gasteiger partial charge in [0.05, 0.1) is 16.6 Å². The van der Waals surface area contributed by atoms with Crippen molar-refractivity contribution in [1.82, 2.24) is 0 Å². The largest absolute Gasteiger partial charge is 0.481 e. The molecule has 1 aliphatic rings. The van der Waals surface area contributed by atoms with Crippen molar-refractivity contribution in [3.8, 4) is 22.6 Å². The Morgan fingerprint density at radius 1 is 1.02 bits per heavy atom. The lowest BCUT2D eigenvalue weighted by atomic mass is 9.91. The topological polar surface area (TPSA) is 83.9 Å². The van der Waals surface area contributed by atoms with Gasteiger partial charge in [-0.1, -0.05) is 55.5 Å². The Labute approximate surface area is 273 Å². The summed E-state index contributed by atoms with van der Waals surface area (Å²) in [6.07, 6.45) is -1.51. The minimum atomic E-state index is -4.42. The van der Waals surface area contributed by atoms with Crippen molar-refractivity contribution >= 4 is 27.6 Å². The minimum Gasteiger partial charge on any atom is -0.481 e. The van der Waals surface area contributed by atoms with Gasteiger partial charge in [0.1, 0.15) is 11.5 Å². The number of aryl methyl sites for hydroxylation is 1. The zero-order valence-corrected chi connectivity index (χ0v) is 27.2. The fraction of sp³-hybridized carbons (Fsp3) is 0.270. The van der Waals surface area contributed by atoms with Crippen molar-refractivity contribution in [2.45, 2.75) is 57.0 Å². The molecule has 0 radical (unpaired) electrons. The molecule has 1 atom stereocenters. The van der Waals surface area contributed by atoms with Crippen LogP contribution in [0.5, 0.6) is 11.5 Å². The van der Waals surface area contributed by atoms with Crippen molar-refractivity contribution < 1.29 is 36.2 Å². The van der Waals surface area contributed by atoms with Crippen LogP contribution < -0.4 is 9.64 Å². The fourth-order valence-electron chi connectivity index (χ4n) is 5.94. The van der Waals surface area contributed by atoms with Crippen molar-refractivity contribution in [2.24, 2.45) is 0 Å². The standard InChI is InChI=1S/C37H36F3NO5S/c1-4-47(44,45)35-8-6-5-7-28(35)18-21-41-22-19-31-25(3)34(16-15-33(31)41)46-29-13-14-30(24(2)23-29)26-9-11-27(12-10-26)32(36(42)43)17-20-37(38,39)40/h5-16,18,21,23,32H,4,17,19-20,22H2,1-3H3,(H,42,43). The van der Waals surface area contributed by atoms with Gasteiger partial charge in [-0.25, -0.2) is 8.42 Å². The smallest absolute Gasteiger partial charge is 0.389 e. The van der Waals surface area contributed by atoms with Gasteiger partial charge in [-0.2, -0.15) is 13.2 Å². The first-order valence-electron chi connectivity index (χ1n) is 15.3. The molecule has 0 saturated heterocycles. The number of ether oxygens (including phenoxy) is 1. The summed E-state index contributed by atoms with van der Waals surface area (Å²) in [5.41, 5.74) is 6.83. The van der Waals surface area contributed by atoms with Crippen LogP contribution in [-0.4, -0.2) is 38.0 Å². The molecule has 4 aromatic carbocycles. The van der Waals surface area contributed by atoms with Crippen molar-refractivity contribution in [3.63, 3.8) is 0 Å². The van der Waals surface area contributed by atoms with Gasteiger partial charge in [0.2, 0.25) is 0 Å². The molecule has 0 fully saturated rings. The summed E-state index contributed by atoms with van der Waals surface area (Å²) in [5, 5.41) is 9.49. The highest BCUT2D eigenvalue weighted by molar-refractivity contribution is 7.91. The molecule has 0 aliphatic carbocycles. The molecule has 5 rings (SSSR count). The van der Waals surface area contributed by atoms with Crippen molar-refractivity contribution in [2.75, 3.05) is 17.2 Å². The molecule has 246 valence electrons. The number of sulfone groups is 1. The van der Waals surface area contributed by atoms with Gasteiger partial charge in [-0.3, -0.25) is 4.79 Å². The lowest BCUT2D eigenvalue weighted by Gasteiger charge is -2.17. The number of rotatable bonds is 11. The predicted molar refractivity (Wildman–Crippen MR) is 178 cm³/mol. The Morgan fingerprint density at radius 2 is 1.74 bits per heavy atom. The Bertz CT molecular complexity index is 1920. The van der Waals surface area contributed by atoms with Gasteiger partial charge in [-0.15, -0.1) is 0 Å². The molecular weight excluding hydrogens is 627 g/mol. The number of carboxylic acids is 1. The molecule has 4 aromatic rings. The summed E-state index contributed by atoms with van der Waals surface area (Å²) in [7, 11) is -3.35. The van der Waals surface area contributed by atoms with Crippen LogP contribution in [0.25, 0.3) is 17.2 Å². The Kier molecular flexibility index (Phi) is 9.81. The zero-order chi connectivity index (χ0) is 33.9. The lowest BCUT2D eigenvalue weighted by Crippen LogP contribution is -2.16. The van der Waals surface area contributed by atoms with Gasteiger partial charge in [0, 0.05) is 24.9 Å². The number of fused-ring (bicyclic) bond motifs is 1. The zero-order valence-electron chi connectivity index (χ0n) is 26.3. The van der Waals surface area contributed by atoms with E-state index in [1.54, 1.807) is 49.4 Å². The maximum Gasteiger partial charge on any atom is 0.389 e. The Morgan fingerprint density at radius 3 is 2.40 bits per heavy atom. The molecule has 1 N–H and O–H groups in total. The number of carbonyl (C=O) groups is 1. The molecule has 1 unspecified atom stereocenters. The molecule has 6 nitrogen and oxygen atoms in total. The summed E-state index contributed by atoms with van der Waals surface area (Å²) in [4.78, 5) is 14.1. The van der Waals surface area contributed by atoms with E-state index in [0.29, 0.717) is 21.8 Å². The summed E-state index contributed by atoms with van der Waals surface area (Å²) in [6, 6.07) is 23.2. The molecule has 1 aliphatic heterocycles. The average molecular weight is 664 g/mol. The third kappa shape index (κ3) is 7.71. The van der Waals surface area contributed by atoms with Gasteiger partial charge in [0.15, 0.2) is 9.84 Å². The molecule has 47 heavy (non-hydrogen) atoms. The highest BCUT2D eigenvalue weighted by Crippen LogP contribution is 2.39. The highest BCUT2D eigenvalue weighted by Gasteiger charge is 2.31. The maximum atomic E-state index is 12.7. The third-order valence-electron chi connectivity index (χ3n) is 8.57. The number of alkyl halides is 3. The van der Waals surface area contributed by atoms with Crippen LogP contribution in [0, 0.1) is 13.8 Å². The van der Waals surface area contributed by atoms with Gasteiger partial charge in [-0.05, 0) is 102 Å². The molecule has 0 amide bonds. The van der Waals surface area contributed by atoms with Crippen LogP contribution in [-0.2, 0) is 21.1 Å². The van der Waals surface area contributed by atoms with Gasteiger partial charge in [0.25, 0.3) is 0 Å². The first-order chi connectivity index (χ1) is 22.3. The second-order valence-corrected chi connectivity index (χ2v) is 13.9. The van der Waals surface area contributed by atoms with Crippen LogP contribution in [0.2, 0.25) is 0 Å². The fourth-order valence-corrected chi connectivity index (χ4v) is 7.03. The van der Waals surface area contributed by atoms with E-state index in [4.69, 9.17) is 4.74 Å². The van der Waals surface area contributed by atoms with E-state index >= 15 is 0 Å². The number of halogens is 3. The Hall–Kier alpha value is -4.57. The van der Waals surface area contributed by atoms with Gasteiger partial charge < -0.3 is 14.7 Å². The number of hydrogen-bond donors (Lipinski definition) is 1. The first kappa shape index (κ1) is 33.8. The van der Waals surface area contributed by atoms with Gasteiger partial charge >= 0.3 is 12.1 Å². The highest BCUT2D eigenvalue weighted by atomic mass is 32.2. The van der Waals surface area contributed by atoms with Crippen molar-refractivity contribution in [3.05, 3.63) is 113 Å². The number of aliphatic carboxylic acids is 1. The second kappa shape index (κ2) is 13.7. The maximum absolute atomic E-state index is 12.7.